The predicted molar refractivity (Wildman–Crippen MR) is 144 cm³/mol. The highest BCUT2D eigenvalue weighted by molar-refractivity contribution is 9.10. The molecule has 0 bridgehead atoms. The van der Waals surface area contributed by atoms with Crippen molar-refractivity contribution in [2.24, 2.45) is 7.05 Å². The molecule has 10 heteroatoms. The zero-order valence-corrected chi connectivity index (χ0v) is 22.5. The van der Waals surface area contributed by atoms with E-state index in [-0.39, 0.29) is 17.7 Å². The second kappa shape index (κ2) is 10.0. The van der Waals surface area contributed by atoms with E-state index in [9.17, 15) is 4.39 Å². The van der Waals surface area contributed by atoms with Gasteiger partial charge in [0, 0.05) is 53.3 Å². The maximum Gasteiger partial charge on any atom is 0.241 e. The van der Waals surface area contributed by atoms with Crippen molar-refractivity contribution in [3.63, 3.8) is 0 Å². The Labute approximate surface area is 223 Å². The summed E-state index contributed by atoms with van der Waals surface area (Å²) in [5.41, 5.74) is 10.3. The number of ether oxygens (including phenoxy) is 2. The van der Waals surface area contributed by atoms with Crippen LogP contribution >= 0.6 is 15.9 Å². The van der Waals surface area contributed by atoms with Crippen molar-refractivity contribution in [1.82, 2.24) is 24.5 Å². The van der Waals surface area contributed by atoms with Gasteiger partial charge in [0.05, 0.1) is 5.56 Å². The number of nitrogens with two attached hydrogens (primary N) is 1. The van der Waals surface area contributed by atoms with Gasteiger partial charge in [0.15, 0.2) is 11.6 Å². The van der Waals surface area contributed by atoms with Gasteiger partial charge in [-0.25, -0.2) is 9.37 Å². The number of rotatable bonds is 9. The normalized spacial score (nSPS) is 14.0. The van der Waals surface area contributed by atoms with Crippen molar-refractivity contribution in [3.05, 3.63) is 76.4 Å². The molecular formula is C27H28BrFN6O2. The number of anilines is 1. The summed E-state index contributed by atoms with van der Waals surface area (Å²) in [7, 11) is 1.84. The average molecular weight is 567 g/mol. The average Bonchev–Trinajstić information content (AvgIpc) is 3.46. The maximum absolute atomic E-state index is 14.5. The molecular weight excluding hydrogens is 539 g/mol. The summed E-state index contributed by atoms with van der Waals surface area (Å²) in [6, 6.07) is 6.32. The molecule has 4 aromatic rings. The molecule has 1 aliphatic carbocycles. The van der Waals surface area contributed by atoms with Crippen LogP contribution in [0, 0.1) is 5.82 Å². The lowest BCUT2D eigenvalue weighted by Gasteiger charge is -2.19. The summed E-state index contributed by atoms with van der Waals surface area (Å²) in [5, 5.41) is 9.33. The molecule has 3 heterocycles. The molecule has 0 spiro atoms. The Kier molecular flexibility index (Phi) is 6.76. The van der Waals surface area contributed by atoms with Crippen LogP contribution in [0.1, 0.15) is 49.5 Å². The first-order chi connectivity index (χ1) is 17.7. The van der Waals surface area contributed by atoms with Crippen LogP contribution in [-0.4, -0.2) is 30.6 Å². The molecule has 3 aromatic heterocycles. The highest BCUT2D eigenvalue weighted by Gasteiger charge is 2.28. The number of aryl methyl sites for hydroxylation is 2. The molecule has 192 valence electrons. The molecule has 0 saturated heterocycles. The molecule has 5 rings (SSSR count). The number of nitrogens with zero attached hydrogens (tertiary/aromatic N) is 5. The standard InChI is InChI=1S/C27H28BrFN6O2/c1-5-35-14-23(27(33-35)37-19-7-8-19)15(2)22-13-34(4)32-25(22)20-9-6-18(29)11-21(20)16(3)36-24-10-17(28)12-31-26(24)30/h6,9-14,16,19H,2,5,7-8H2,1,3-4H3,(H2,30,31)/t16-/m1/s1. The minimum absolute atomic E-state index is 0.196. The van der Waals surface area contributed by atoms with Gasteiger partial charge in [0.25, 0.3) is 0 Å². The Morgan fingerprint density at radius 1 is 1.24 bits per heavy atom. The molecule has 2 N–H and O–H groups in total. The van der Waals surface area contributed by atoms with Gasteiger partial charge in [-0.15, -0.1) is 5.10 Å². The van der Waals surface area contributed by atoms with E-state index in [1.807, 2.05) is 38.0 Å². The van der Waals surface area contributed by atoms with Crippen LogP contribution in [0.2, 0.25) is 0 Å². The molecule has 0 aliphatic heterocycles. The van der Waals surface area contributed by atoms with Gasteiger partial charge in [-0.2, -0.15) is 5.10 Å². The van der Waals surface area contributed by atoms with Crippen LogP contribution in [-0.2, 0) is 13.6 Å². The van der Waals surface area contributed by atoms with Crippen molar-refractivity contribution in [3.8, 4) is 22.9 Å². The van der Waals surface area contributed by atoms with Crippen LogP contribution in [0.3, 0.4) is 0 Å². The monoisotopic (exact) mass is 566 g/mol. The first-order valence-corrected chi connectivity index (χ1v) is 12.9. The molecule has 0 radical (unpaired) electrons. The molecule has 37 heavy (non-hydrogen) atoms. The fraction of sp³-hybridized carbons (Fsp3) is 0.296. The van der Waals surface area contributed by atoms with E-state index in [0.29, 0.717) is 29.4 Å². The molecule has 1 aromatic carbocycles. The summed E-state index contributed by atoms with van der Waals surface area (Å²) in [6.07, 6.45) is 7.13. The van der Waals surface area contributed by atoms with E-state index in [2.05, 4.69) is 32.6 Å². The number of benzene rings is 1. The minimum atomic E-state index is -0.552. The smallest absolute Gasteiger partial charge is 0.241 e. The Hall–Kier alpha value is -3.66. The summed E-state index contributed by atoms with van der Waals surface area (Å²) in [4.78, 5) is 4.12. The van der Waals surface area contributed by atoms with Gasteiger partial charge in [-0.3, -0.25) is 9.36 Å². The zero-order valence-electron chi connectivity index (χ0n) is 20.9. The van der Waals surface area contributed by atoms with Crippen LogP contribution < -0.4 is 15.2 Å². The first-order valence-electron chi connectivity index (χ1n) is 12.1. The molecule has 0 amide bonds. The Balaban J connectivity index is 1.55. The summed E-state index contributed by atoms with van der Waals surface area (Å²) in [6.45, 7) is 8.96. The van der Waals surface area contributed by atoms with E-state index in [0.717, 1.165) is 39.6 Å². The van der Waals surface area contributed by atoms with E-state index >= 15 is 0 Å². The Morgan fingerprint density at radius 3 is 2.76 bits per heavy atom. The van der Waals surface area contributed by atoms with Gasteiger partial charge in [-0.1, -0.05) is 6.58 Å². The fourth-order valence-corrected chi connectivity index (χ4v) is 4.43. The largest absolute Gasteiger partial charge is 0.482 e. The molecule has 1 saturated carbocycles. The number of nitrogen functional groups attached to an aromatic ring is 1. The van der Waals surface area contributed by atoms with E-state index in [1.54, 1.807) is 23.0 Å². The van der Waals surface area contributed by atoms with E-state index in [1.165, 1.54) is 12.1 Å². The highest BCUT2D eigenvalue weighted by atomic mass is 79.9. The van der Waals surface area contributed by atoms with Gasteiger partial charge in [-0.05, 0) is 72.5 Å². The zero-order chi connectivity index (χ0) is 26.3. The molecule has 0 unspecified atom stereocenters. The van der Waals surface area contributed by atoms with Crippen LogP contribution in [0.15, 0.2) is 53.9 Å². The number of hydrogen-bond donors (Lipinski definition) is 1. The van der Waals surface area contributed by atoms with E-state index in [4.69, 9.17) is 20.3 Å². The van der Waals surface area contributed by atoms with Crippen molar-refractivity contribution in [2.45, 2.75) is 45.4 Å². The van der Waals surface area contributed by atoms with Crippen molar-refractivity contribution < 1.29 is 13.9 Å². The van der Waals surface area contributed by atoms with Crippen LogP contribution in [0.4, 0.5) is 10.2 Å². The quantitative estimate of drug-likeness (QED) is 0.270. The summed E-state index contributed by atoms with van der Waals surface area (Å²) >= 11 is 3.39. The Morgan fingerprint density at radius 2 is 2.03 bits per heavy atom. The first kappa shape index (κ1) is 25.0. The van der Waals surface area contributed by atoms with Crippen molar-refractivity contribution >= 4 is 27.3 Å². The fourth-order valence-electron chi connectivity index (χ4n) is 4.12. The second-order valence-electron chi connectivity index (χ2n) is 9.09. The number of halogens is 2. The van der Waals surface area contributed by atoms with Gasteiger partial charge in [0.2, 0.25) is 5.88 Å². The minimum Gasteiger partial charge on any atom is -0.482 e. The summed E-state index contributed by atoms with van der Waals surface area (Å²) < 4.78 is 31.0. The predicted octanol–water partition coefficient (Wildman–Crippen LogP) is 5.93. The molecule has 8 nitrogen and oxygen atoms in total. The third-order valence-corrected chi connectivity index (χ3v) is 6.63. The molecule has 1 atom stereocenters. The lowest BCUT2D eigenvalue weighted by Crippen LogP contribution is -2.08. The topological polar surface area (TPSA) is 93.0 Å². The lowest BCUT2D eigenvalue weighted by atomic mass is 9.94. The molecule has 1 fully saturated rings. The maximum atomic E-state index is 14.5. The van der Waals surface area contributed by atoms with Gasteiger partial charge in [0.1, 0.15) is 23.7 Å². The van der Waals surface area contributed by atoms with Crippen molar-refractivity contribution in [1.29, 1.82) is 0 Å². The third kappa shape index (κ3) is 5.24. The van der Waals surface area contributed by atoms with Crippen molar-refractivity contribution in [2.75, 3.05) is 5.73 Å². The molecule has 1 aliphatic rings. The number of pyridine rings is 1. The highest BCUT2D eigenvalue weighted by Crippen LogP contribution is 2.40. The second-order valence-corrected chi connectivity index (χ2v) is 10.0. The Bertz CT molecular complexity index is 1480. The van der Waals surface area contributed by atoms with Gasteiger partial charge >= 0.3 is 0 Å². The van der Waals surface area contributed by atoms with E-state index < -0.39 is 6.10 Å². The van der Waals surface area contributed by atoms with Crippen LogP contribution in [0.5, 0.6) is 11.6 Å². The van der Waals surface area contributed by atoms with Gasteiger partial charge < -0.3 is 15.2 Å². The van der Waals surface area contributed by atoms with Crippen LogP contribution in [0.25, 0.3) is 16.8 Å². The lowest BCUT2D eigenvalue weighted by molar-refractivity contribution is 0.227. The third-order valence-electron chi connectivity index (χ3n) is 6.19. The number of hydrogen-bond acceptors (Lipinski definition) is 6. The number of aromatic nitrogens is 5. The SMILES string of the molecule is C=C(c1cn(CC)nc1OC1CC1)c1cn(C)nc1-c1ccc(F)cc1[C@@H](C)Oc1cc(Br)cnc1N. The summed E-state index contributed by atoms with van der Waals surface area (Å²) in [5.74, 6) is 0.834.